The first-order chi connectivity index (χ1) is 10.6. The van der Waals surface area contributed by atoms with Crippen LogP contribution >= 0.6 is 0 Å². The van der Waals surface area contributed by atoms with Gasteiger partial charge in [-0.25, -0.2) is 0 Å². The third-order valence-electron chi connectivity index (χ3n) is 4.42. The lowest BCUT2D eigenvalue weighted by Gasteiger charge is -2.34. The lowest BCUT2D eigenvalue weighted by atomic mass is 9.94. The molecule has 0 aliphatic heterocycles. The van der Waals surface area contributed by atoms with Crippen molar-refractivity contribution in [3.63, 3.8) is 0 Å². The number of aliphatic hydroxyl groups is 1. The van der Waals surface area contributed by atoms with Crippen LogP contribution in [0.25, 0.3) is 0 Å². The molecule has 6 heteroatoms. The molecular formula is C16H28N4O2. The average Bonchev–Trinajstić information content (AvgIpc) is 2.92. The largest absolute Gasteiger partial charge is 0.395 e. The number of rotatable bonds is 7. The fourth-order valence-corrected chi connectivity index (χ4v) is 3.18. The molecule has 0 radical (unpaired) electrons. The van der Waals surface area contributed by atoms with Crippen molar-refractivity contribution in [3.05, 3.63) is 18.0 Å². The number of aliphatic hydroxyl groups excluding tert-OH is 1. The molecule has 0 saturated heterocycles. The van der Waals surface area contributed by atoms with Crippen LogP contribution in [0.3, 0.4) is 0 Å². The summed E-state index contributed by atoms with van der Waals surface area (Å²) in [6.07, 6.45) is 9.74. The molecule has 124 valence electrons. The van der Waals surface area contributed by atoms with E-state index in [9.17, 15) is 9.90 Å². The molecular weight excluding hydrogens is 280 g/mol. The lowest BCUT2D eigenvalue weighted by molar-refractivity contribution is -0.132. The van der Waals surface area contributed by atoms with Crippen LogP contribution in [0, 0.1) is 0 Å². The smallest absolute Gasteiger partial charge is 0.236 e. The molecule has 6 nitrogen and oxygen atoms in total. The van der Waals surface area contributed by atoms with Gasteiger partial charge in [0.25, 0.3) is 0 Å². The highest BCUT2D eigenvalue weighted by Crippen LogP contribution is 2.22. The molecule has 0 aromatic carbocycles. The van der Waals surface area contributed by atoms with Crippen molar-refractivity contribution < 1.29 is 9.90 Å². The summed E-state index contributed by atoms with van der Waals surface area (Å²) in [5, 5.41) is 13.4. The number of amides is 1. The van der Waals surface area contributed by atoms with E-state index in [0.717, 1.165) is 18.4 Å². The van der Waals surface area contributed by atoms with E-state index in [4.69, 9.17) is 0 Å². The molecule has 0 bridgehead atoms. The Morgan fingerprint density at radius 3 is 2.73 bits per heavy atom. The standard InChI is InChI=1S/C16H28N4O2/c1-18(11-14-10-17-19(2)12-14)16(22)13-20(8-9-21)15-6-4-3-5-7-15/h10,12,15,21H,3-9,11,13H2,1-2H3. The Balaban J connectivity index is 1.88. The van der Waals surface area contributed by atoms with Crippen molar-refractivity contribution in [2.45, 2.75) is 44.7 Å². The molecule has 1 aromatic heterocycles. The van der Waals surface area contributed by atoms with Crippen molar-refractivity contribution >= 4 is 5.91 Å². The summed E-state index contributed by atoms with van der Waals surface area (Å²) in [5.41, 5.74) is 1.03. The first-order valence-corrected chi connectivity index (χ1v) is 8.16. The van der Waals surface area contributed by atoms with Crippen LogP contribution < -0.4 is 0 Å². The molecule has 0 atom stereocenters. The summed E-state index contributed by atoms with van der Waals surface area (Å²) in [5.74, 6) is 0.0999. The second-order valence-corrected chi connectivity index (χ2v) is 6.26. The second-order valence-electron chi connectivity index (χ2n) is 6.26. The number of carbonyl (C=O) groups excluding carboxylic acids is 1. The Morgan fingerprint density at radius 1 is 1.41 bits per heavy atom. The van der Waals surface area contributed by atoms with E-state index in [1.165, 1.54) is 19.3 Å². The van der Waals surface area contributed by atoms with E-state index in [0.29, 0.717) is 25.7 Å². The van der Waals surface area contributed by atoms with Gasteiger partial charge in [0.2, 0.25) is 5.91 Å². The first-order valence-electron chi connectivity index (χ1n) is 8.16. The summed E-state index contributed by atoms with van der Waals surface area (Å²) >= 11 is 0. The normalized spacial score (nSPS) is 16.2. The van der Waals surface area contributed by atoms with Crippen LogP contribution in [-0.4, -0.2) is 63.4 Å². The zero-order valence-electron chi connectivity index (χ0n) is 13.7. The number of carbonyl (C=O) groups is 1. The van der Waals surface area contributed by atoms with Crippen molar-refractivity contribution in [2.75, 3.05) is 26.7 Å². The third-order valence-corrected chi connectivity index (χ3v) is 4.42. The molecule has 0 spiro atoms. The molecule has 1 saturated carbocycles. The summed E-state index contributed by atoms with van der Waals surface area (Å²) in [6.45, 7) is 1.65. The van der Waals surface area contributed by atoms with Gasteiger partial charge in [-0.3, -0.25) is 14.4 Å². The third kappa shape index (κ3) is 4.81. The zero-order valence-corrected chi connectivity index (χ0v) is 13.7. The van der Waals surface area contributed by atoms with Gasteiger partial charge in [0, 0.05) is 45.0 Å². The average molecular weight is 308 g/mol. The summed E-state index contributed by atoms with van der Waals surface area (Å²) in [6, 6.07) is 0.441. The van der Waals surface area contributed by atoms with Crippen molar-refractivity contribution in [3.8, 4) is 0 Å². The molecule has 2 rings (SSSR count). The minimum atomic E-state index is 0.0999. The Hall–Kier alpha value is -1.40. The van der Waals surface area contributed by atoms with Crippen LogP contribution in [0.5, 0.6) is 0 Å². The van der Waals surface area contributed by atoms with Crippen molar-refractivity contribution in [1.29, 1.82) is 0 Å². The molecule has 1 fully saturated rings. The van der Waals surface area contributed by atoms with Crippen LogP contribution in [-0.2, 0) is 18.4 Å². The minimum absolute atomic E-state index is 0.0999. The number of likely N-dealkylation sites (N-methyl/N-ethyl adjacent to an activating group) is 1. The summed E-state index contributed by atoms with van der Waals surface area (Å²) < 4.78 is 1.74. The molecule has 1 N–H and O–H groups in total. The highest BCUT2D eigenvalue weighted by atomic mass is 16.3. The van der Waals surface area contributed by atoms with Gasteiger partial charge in [0.1, 0.15) is 0 Å². The fraction of sp³-hybridized carbons (Fsp3) is 0.750. The fourth-order valence-electron chi connectivity index (χ4n) is 3.18. The predicted octanol–water partition coefficient (Wildman–Crippen LogP) is 1.01. The van der Waals surface area contributed by atoms with E-state index < -0.39 is 0 Å². The highest BCUT2D eigenvalue weighted by molar-refractivity contribution is 5.78. The van der Waals surface area contributed by atoms with Gasteiger partial charge < -0.3 is 10.0 Å². The van der Waals surface area contributed by atoms with Gasteiger partial charge in [-0.2, -0.15) is 5.10 Å². The molecule has 1 aromatic rings. The topological polar surface area (TPSA) is 61.6 Å². The van der Waals surface area contributed by atoms with Crippen LogP contribution in [0.1, 0.15) is 37.7 Å². The molecule has 0 unspecified atom stereocenters. The van der Waals surface area contributed by atoms with Crippen LogP contribution in [0.2, 0.25) is 0 Å². The number of hydrogen-bond acceptors (Lipinski definition) is 4. The van der Waals surface area contributed by atoms with E-state index in [2.05, 4.69) is 10.00 Å². The van der Waals surface area contributed by atoms with E-state index >= 15 is 0 Å². The van der Waals surface area contributed by atoms with Crippen LogP contribution in [0.15, 0.2) is 12.4 Å². The molecule has 1 aliphatic carbocycles. The van der Waals surface area contributed by atoms with Crippen molar-refractivity contribution in [1.82, 2.24) is 19.6 Å². The number of hydrogen-bond donors (Lipinski definition) is 1. The number of nitrogens with zero attached hydrogens (tertiary/aromatic N) is 4. The highest BCUT2D eigenvalue weighted by Gasteiger charge is 2.24. The number of aryl methyl sites for hydroxylation is 1. The maximum absolute atomic E-state index is 12.5. The van der Waals surface area contributed by atoms with Gasteiger partial charge in [-0.15, -0.1) is 0 Å². The van der Waals surface area contributed by atoms with Crippen LogP contribution in [0.4, 0.5) is 0 Å². The minimum Gasteiger partial charge on any atom is -0.395 e. The van der Waals surface area contributed by atoms with Gasteiger partial charge in [-0.1, -0.05) is 19.3 Å². The van der Waals surface area contributed by atoms with Gasteiger partial charge in [0.15, 0.2) is 0 Å². The molecule has 1 aliphatic rings. The monoisotopic (exact) mass is 308 g/mol. The quantitative estimate of drug-likeness (QED) is 0.816. The Morgan fingerprint density at radius 2 is 2.14 bits per heavy atom. The summed E-state index contributed by atoms with van der Waals surface area (Å²) in [4.78, 5) is 16.4. The maximum Gasteiger partial charge on any atom is 0.236 e. The predicted molar refractivity (Wildman–Crippen MR) is 85.2 cm³/mol. The van der Waals surface area contributed by atoms with Gasteiger partial charge in [-0.05, 0) is 12.8 Å². The van der Waals surface area contributed by atoms with E-state index in [1.54, 1.807) is 15.8 Å². The number of aromatic nitrogens is 2. The van der Waals surface area contributed by atoms with E-state index in [1.807, 2.05) is 20.3 Å². The molecule has 22 heavy (non-hydrogen) atoms. The van der Waals surface area contributed by atoms with E-state index in [-0.39, 0.29) is 12.5 Å². The Bertz CT molecular complexity index is 468. The maximum atomic E-state index is 12.5. The second kappa shape index (κ2) is 8.29. The van der Waals surface area contributed by atoms with Crippen molar-refractivity contribution in [2.24, 2.45) is 7.05 Å². The molecule has 1 amide bonds. The van der Waals surface area contributed by atoms with Gasteiger partial charge >= 0.3 is 0 Å². The lowest BCUT2D eigenvalue weighted by Crippen LogP contribution is -2.45. The summed E-state index contributed by atoms with van der Waals surface area (Å²) in [7, 11) is 3.70. The molecule has 1 heterocycles. The van der Waals surface area contributed by atoms with Gasteiger partial charge in [0.05, 0.1) is 19.3 Å². The zero-order chi connectivity index (χ0) is 15.9. The Labute approximate surface area is 132 Å². The SMILES string of the molecule is CN(Cc1cnn(C)c1)C(=O)CN(CCO)C1CCCCC1. The Kier molecular flexibility index (Phi) is 6.39. The first kappa shape index (κ1) is 17.0.